The summed E-state index contributed by atoms with van der Waals surface area (Å²) in [5.41, 5.74) is 0. The van der Waals surface area contributed by atoms with Crippen LogP contribution in [-0.4, -0.2) is 30.2 Å². The summed E-state index contributed by atoms with van der Waals surface area (Å²) in [5.74, 6) is -0.130. The van der Waals surface area contributed by atoms with Gasteiger partial charge in [-0.05, 0) is 6.42 Å². The van der Waals surface area contributed by atoms with Gasteiger partial charge in [-0.3, -0.25) is 9.59 Å². The summed E-state index contributed by atoms with van der Waals surface area (Å²) in [6, 6.07) is 0. The number of alkyl halides is 1. The Kier molecular flexibility index (Phi) is 6.58. The van der Waals surface area contributed by atoms with Crippen molar-refractivity contribution in [2.75, 3.05) is 13.6 Å². The molecular weight excluding hydrogens is 236 g/mol. The molecule has 2 N–H and O–H groups in total. The zero-order valence-electron chi connectivity index (χ0n) is 7.89. The first-order valence-corrected chi connectivity index (χ1v) is 5.15. The highest BCUT2D eigenvalue weighted by molar-refractivity contribution is 9.10. The topological polar surface area (TPSA) is 58.2 Å². The van der Waals surface area contributed by atoms with Crippen LogP contribution in [0, 0.1) is 0 Å². The molecule has 76 valence electrons. The van der Waals surface area contributed by atoms with Gasteiger partial charge >= 0.3 is 0 Å². The normalized spacial score (nSPS) is 11.9. The molecule has 4 nitrogen and oxygen atoms in total. The van der Waals surface area contributed by atoms with Crippen LogP contribution in [0.2, 0.25) is 0 Å². The second-order valence-corrected chi connectivity index (χ2v) is 3.70. The molecule has 0 spiro atoms. The number of rotatable bonds is 5. The van der Waals surface area contributed by atoms with Crippen LogP contribution in [0.5, 0.6) is 0 Å². The standard InChI is InChI=1S/C8H15BrN2O2/c1-3-6(9)8(13)11-5-4-7(12)10-2/h6H,3-5H2,1-2H3,(H,10,12)(H,11,13). The summed E-state index contributed by atoms with van der Waals surface area (Å²) in [6.45, 7) is 2.30. The number of carbonyl (C=O) groups excluding carboxylic acids is 2. The van der Waals surface area contributed by atoms with Crippen molar-refractivity contribution < 1.29 is 9.59 Å². The van der Waals surface area contributed by atoms with Crippen molar-refractivity contribution in [3.05, 3.63) is 0 Å². The van der Waals surface area contributed by atoms with E-state index in [1.807, 2.05) is 6.92 Å². The smallest absolute Gasteiger partial charge is 0.233 e. The van der Waals surface area contributed by atoms with Crippen molar-refractivity contribution in [1.29, 1.82) is 0 Å². The van der Waals surface area contributed by atoms with Crippen LogP contribution in [0.1, 0.15) is 19.8 Å². The summed E-state index contributed by atoms with van der Waals surface area (Å²) in [4.78, 5) is 21.8. The molecule has 0 heterocycles. The molecule has 1 unspecified atom stereocenters. The minimum absolute atomic E-state index is 0.0635. The third kappa shape index (κ3) is 5.63. The molecule has 5 heteroatoms. The molecule has 0 aliphatic rings. The van der Waals surface area contributed by atoms with Crippen molar-refractivity contribution in [2.45, 2.75) is 24.6 Å². The molecular formula is C8H15BrN2O2. The fourth-order valence-electron chi connectivity index (χ4n) is 0.720. The number of amides is 2. The monoisotopic (exact) mass is 250 g/mol. The Labute approximate surface area is 86.6 Å². The predicted molar refractivity (Wildman–Crippen MR) is 54.7 cm³/mol. The molecule has 0 saturated carbocycles. The molecule has 0 fully saturated rings. The third-order valence-electron chi connectivity index (χ3n) is 1.57. The van der Waals surface area contributed by atoms with Gasteiger partial charge in [0, 0.05) is 20.0 Å². The first-order valence-electron chi connectivity index (χ1n) is 4.24. The zero-order valence-corrected chi connectivity index (χ0v) is 9.48. The fraction of sp³-hybridized carbons (Fsp3) is 0.750. The lowest BCUT2D eigenvalue weighted by molar-refractivity contribution is -0.121. The van der Waals surface area contributed by atoms with Gasteiger partial charge in [0.2, 0.25) is 11.8 Å². The zero-order chi connectivity index (χ0) is 10.3. The van der Waals surface area contributed by atoms with E-state index in [1.165, 1.54) is 0 Å². The summed E-state index contributed by atoms with van der Waals surface area (Å²) >= 11 is 3.21. The number of carbonyl (C=O) groups is 2. The molecule has 0 radical (unpaired) electrons. The van der Waals surface area contributed by atoms with Gasteiger partial charge in [-0.2, -0.15) is 0 Å². The first-order chi connectivity index (χ1) is 6.11. The number of halogens is 1. The number of nitrogens with one attached hydrogen (secondary N) is 2. The van der Waals surface area contributed by atoms with Crippen molar-refractivity contribution >= 4 is 27.7 Å². The van der Waals surface area contributed by atoms with E-state index in [9.17, 15) is 9.59 Å². The molecule has 0 aliphatic carbocycles. The van der Waals surface area contributed by atoms with Crippen molar-refractivity contribution in [3.8, 4) is 0 Å². The van der Waals surface area contributed by atoms with Crippen LogP contribution in [0.4, 0.5) is 0 Å². The lowest BCUT2D eigenvalue weighted by Gasteiger charge is -2.07. The second-order valence-electron chi connectivity index (χ2n) is 2.59. The van der Waals surface area contributed by atoms with Gasteiger partial charge in [0.15, 0.2) is 0 Å². The van der Waals surface area contributed by atoms with E-state index in [2.05, 4.69) is 26.6 Å². The van der Waals surface area contributed by atoms with Crippen LogP contribution >= 0.6 is 15.9 Å². The lowest BCUT2D eigenvalue weighted by Crippen LogP contribution is -2.33. The highest BCUT2D eigenvalue weighted by atomic mass is 79.9. The van der Waals surface area contributed by atoms with Gasteiger partial charge in [-0.15, -0.1) is 0 Å². The Hall–Kier alpha value is -0.580. The van der Waals surface area contributed by atoms with E-state index in [1.54, 1.807) is 7.05 Å². The highest BCUT2D eigenvalue weighted by Crippen LogP contribution is 2.03. The quantitative estimate of drug-likeness (QED) is 0.695. The minimum atomic E-state index is -0.155. The maximum absolute atomic E-state index is 11.2. The summed E-state index contributed by atoms with van der Waals surface area (Å²) in [7, 11) is 1.57. The molecule has 0 saturated heterocycles. The molecule has 0 aromatic rings. The van der Waals surface area contributed by atoms with Crippen molar-refractivity contribution in [2.24, 2.45) is 0 Å². The average Bonchev–Trinajstić information content (AvgIpc) is 2.15. The maximum atomic E-state index is 11.2. The molecule has 1 atom stereocenters. The first kappa shape index (κ1) is 12.4. The molecule has 0 rings (SSSR count). The second kappa shape index (κ2) is 6.88. The van der Waals surface area contributed by atoms with Gasteiger partial charge in [0.1, 0.15) is 0 Å². The Morgan fingerprint density at radius 2 is 2.08 bits per heavy atom. The maximum Gasteiger partial charge on any atom is 0.233 e. The van der Waals surface area contributed by atoms with E-state index in [0.29, 0.717) is 13.0 Å². The fourth-order valence-corrected chi connectivity index (χ4v) is 0.882. The van der Waals surface area contributed by atoms with Crippen LogP contribution in [-0.2, 0) is 9.59 Å². The van der Waals surface area contributed by atoms with E-state index >= 15 is 0 Å². The van der Waals surface area contributed by atoms with Gasteiger partial charge in [0.05, 0.1) is 4.83 Å². The van der Waals surface area contributed by atoms with Crippen LogP contribution < -0.4 is 10.6 Å². The predicted octanol–water partition coefficient (Wildman–Crippen LogP) is 0.412. The van der Waals surface area contributed by atoms with E-state index in [0.717, 1.165) is 6.42 Å². The van der Waals surface area contributed by atoms with Crippen molar-refractivity contribution in [1.82, 2.24) is 10.6 Å². The van der Waals surface area contributed by atoms with E-state index in [-0.39, 0.29) is 16.6 Å². The summed E-state index contributed by atoms with van der Waals surface area (Å²) < 4.78 is 0. The van der Waals surface area contributed by atoms with Gasteiger partial charge in [-0.1, -0.05) is 22.9 Å². The Morgan fingerprint density at radius 1 is 1.46 bits per heavy atom. The van der Waals surface area contributed by atoms with Crippen molar-refractivity contribution in [3.63, 3.8) is 0 Å². The van der Waals surface area contributed by atoms with Gasteiger partial charge in [-0.25, -0.2) is 0 Å². The van der Waals surface area contributed by atoms with E-state index in [4.69, 9.17) is 0 Å². The van der Waals surface area contributed by atoms with Crippen LogP contribution in [0.25, 0.3) is 0 Å². The highest BCUT2D eigenvalue weighted by Gasteiger charge is 2.11. The van der Waals surface area contributed by atoms with E-state index < -0.39 is 0 Å². The molecule has 0 aliphatic heterocycles. The van der Waals surface area contributed by atoms with Gasteiger partial charge < -0.3 is 10.6 Å². The Balaban J connectivity index is 3.53. The average molecular weight is 251 g/mol. The molecule has 13 heavy (non-hydrogen) atoms. The minimum Gasteiger partial charge on any atom is -0.359 e. The molecule has 0 aromatic heterocycles. The molecule has 0 aromatic carbocycles. The van der Waals surface area contributed by atoms with Gasteiger partial charge in [0.25, 0.3) is 0 Å². The third-order valence-corrected chi connectivity index (χ3v) is 2.64. The molecule has 2 amide bonds. The SMILES string of the molecule is CCC(Br)C(=O)NCCC(=O)NC. The number of hydrogen-bond acceptors (Lipinski definition) is 2. The van der Waals surface area contributed by atoms with Crippen LogP contribution in [0.15, 0.2) is 0 Å². The summed E-state index contributed by atoms with van der Waals surface area (Å²) in [5, 5.41) is 5.13. The van der Waals surface area contributed by atoms with Crippen LogP contribution in [0.3, 0.4) is 0 Å². The largest absolute Gasteiger partial charge is 0.359 e. The Bertz CT molecular complexity index is 185. The number of hydrogen-bond donors (Lipinski definition) is 2. The summed E-state index contributed by atoms with van der Waals surface area (Å²) in [6.07, 6.45) is 1.07. The Morgan fingerprint density at radius 3 is 2.54 bits per heavy atom. The molecule has 0 bridgehead atoms. The lowest BCUT2D eigenvalue weighted by atomic mass is 10.3.